The van der Waals surface area contributed by atoms with Crippen molar-refractivity contribution in [3.8, 4) is 0 Å². The molecule has 1 aromatic heterocycles. The summed E-state index contributed by atoms with van der Waals surface area (Å²) in [5.74, 6) is 0.514. The highest BCUT2D eigenvalue weighted by atomic mass is 19.1. The van der Waals surface area contributed by atoms with Gasteiger partial charge in [0.1, 0.15) is 5.82 Å². The molecule has 1 heterocycles. The van der Waals surface area contributed by atoms with E-state index >= 15 is 0 Å². The summed E-state index contributed by atoms with van der Waals surface area (Å²) in [4.78, 5) is 1.44. The SMILES string of the molecule is CCCNC(Cc1nnn(C)n1)Cc1ccccc1F. The maximum Gasteiger partial charge on any atom is 0.176 e. The highest BCUT2D eigenvalue weighted by Gasteiger charge is 2.15. The van der Waals surface area contributed by atoms with Crippen molar-refractivity contribution in [3.05, 3.63) is 41.5 Å². The van der Waals surface area contributed by atoms with Crippen LogP contribution in [-0.2, 0) is 19.9 Å². The molecule has 1 unspecified atom stereocenters. The van der Waals surface area contributed by atoms with Crippen LogP contribution in [0.25, 0.3) is 0 Å². The van der Waals surface area contributed by atoms with Crippen LogP contribution in [0, 0.1) is 5.82 Å². The van der Waals surface area contributed by atoms with E-state index in [4.69, 9.17) is 0 Å². The van der Waals surface area contributed by atoms with Gasteiger partial charge in [0.05, 0.1) is 7.05 Å². The first-order valence-corrected chi connectivity index (χ1v) is 6.88. The molecule has 1 aromatic carbocycles. The van der Waals surface area contributed by atoms with Crippen LogP contribution in [0.4, 0.5) is 4.39 Å². The van der Waals surface area contributed by atoms with E-state index in [1.165, 1.54) is 10.9 Å². The standard InChI is InChI=1S/C14H20FN5/c1-3-8-16-12(10-14-17-19-20(2)18-14)9-11-6-4-5-7-13(11)15/h4-7,12,16H,3,8-10H2,1-2H3. The van der Waals surface area contributed by atoms with Crippen LogP contribution in [0.5, 0.6) is 0 Å². The van der Waals surface area contributed by atoms with Gasteiger partial charge in [-0.05, 0) is 36.2 Å². The van der Waals surface area contributed by atoms with Crippen LogP contribution in [0.2, 0.25) is 0 Å². The highest BCUT2D eigenvalue weighted by Crippen LogP contribution is 2.11. The molecule has 0 aliphatic carbocycles. The van der Waals surface area contributed by atoms with Crippen LogP contribution >= 0.6 is 0 Å². The Bertz CT molecular complexity index is 540. The number of tetrazole rings is 1. The number of hydrogen-bond donors (Lipinski definition) is 1. The third kappa shape index (κ3) is 4.09. The lowest BCUT2D eigenvalue weighted by Gasteiger charge is -2.17. The Labute approximate surface area is 118 Å². The first-order chi connectivity index (χ1) is 9.69. The molecule has 0 bridgehead atoms. The number of hydrogen-bond acceptors (Lipinski definition) is 4. The molecule has 0 fully saturated rings. The van der Waals surface area contributed by atoms with Gasteiger partial charge in [0.15, 0.2) is 5.82 Å². The predicted octanol–water partition coefficient (Wildman–Crippen LogP) is 1.50. The minimum Gasteiger partial charge on any atom is -0.313 e. The van der Waals surface area contributed by atoms with Gasteiger partial charge < -0.3 is 5.32 Å². The van der Waals surface area contributed by atoms with E-state index in [9.17, 15) is 4.39 Å². The maximum absolute atomic E-state index is 13.7. The molecule has 5 nitrogen and oxygen atoms in total. The van der Waals surface area contributed by atoms with E-state index in [1.807, 2.05) is 12.1 Å². The van der Waals surface area contributed by atoms with Crippen molar-refractivity contribution in [1.82, 2.24) is 25.5 Å². The largest absolute Gasteiger partial charge is 0.313 e. The minimum absolute atomic E-state index is 0.107. The zero-order chi connectivity index (χ0) is 14.4. The third-order valence-electron chi connectivity index (χ3n) is 3.09. The molecule has 0 aliphatic rings. The molecule has 108 valence electrons. The number of aromatic nitrogens is 4. The average Bonchev–Trinajstić information content (AvgIpc) is 2.84. The summed E-state index contributed by atoms with van der Waals surface area (Å²) in [6, 6.07) is 6.98. The van der Waals surface area contributed by atoms with Gasteiger partial charge in [0.2, 0.25) is 0 Å². The molecule has 1 atom stereocenters. The molecule has 0 saturated heterocycles. The fraction of sp³-hybridized carbons (Fsp3) is 0.500. The quantitative estimate of drug-likeness (QED) is 0.833. The molecule has 2 aromatic rings. The fourth-order valence-electron chi connectivity index (χ4n) is 2.12. The fourth-order valence-corrected chi connectivity index (χ4v) is 2.12. The third-order valence-corrected chi connectivity index (χ3v) is 3.09. The number of nitrogens with one attached hydrogen (secondary N) is 1. The topological polar surface area (TPSA) is 55.6 Å². The Kier molecular flexibility index (Phi) is 5.17. The molecule has 0 aliphatic heterocycles. The second kappa shape index (κ2) is 7.09. The number of halogens is 1. The Morgan fingerprint density at radius 2 is 2.10 bits per heavy atom. The van der Waals surface area contributed by atoms with Crippen molar-refractivity contribution in [2.24, 2.45) is 7.05 Å². The van der Waals surface area contributed by atoms with Crippen molar-refractivity contribution in [2.75, 3.05) is 6.54 Å². The maximum atomic E-state index is 13.7. The van der Waals surface area contributed by atoms with Crippen LogP contribution in [0.1, 0.15) is 24.7 Å². The molecular formula is C14H20FN5. The van der Waals surface area contributed by atoms with E-state index in [-0.39, 0.29) is 11.9 Å². The summed E-state index contributed by atoms with van der Waals surface area (Å²) >= 11 is 0. The molecule has 0 amide bonds. The zero-order valence-corrected chi connectivity index (χ0v) is 11.9. The Morgan fingerprint density at radius 3 is 2.75 bits per heavy atom. The van der Waals surface area contributed by atoms with Gasteiger partial charge in [-0.3, -0.25) is 0 Å². The second-order valence-electron chi connectivity index (χ2n) is 4.85. The highest BCUT2D eigenvalue weighted by molar-refractivity contribution is 5.18. The molecule has 0 saturated carbocycles. The average molecular weight is 277 g/mol. The summed E-state index contributed by atoms with van der Waals surface area (Å²) in [6.45, 7) is 2.99. The number of aryl methyl sites for hydroxylation is 1. The van der Waals surface area contributed by atoms with Gasteiger partial charge in [0, 0.05) is 12.5 Å². The molecular weight excluding hydrogens is 257 g/mol. The minimum atomic E-state index is -0.164. The van der Waals surface area contributed by atoms with Crippen LogP contribution in [0.15, 0.2) is 24.3 Å². The Balaban J connectivity index is 2.05. The van der Waals surface area contributed by atoms with Crippen molar-refractivity contribution in [2.45, 2.75) is 32.2 Å². The lowest BCUT2D eigenvalue weighted by molar-refractivity contribution is 0.483. The van der Waals surface area contributed by atoms with Crippen LogP contribution in [0.3, 0.4) is 0 Å². The van der Waals surface area contributed by atoms with Gasteiger partial charge >= 0.3 is 0 Å². The van der Waals surface area contributed by atoms with Gasteiger partial charge in [-0.15, -0.1) is 10.2 Å². The summed E-state index contributed by atoms with van der Waals surface area (Å²) in [7, 11) is 1.74. The molecule has 1 N–H and O–H groups in total. The first kappa shape index (κ1) is 14.6. The van der Waals surface area contributed by atoms with Crippen molar-refractivity contribution in [3.63, 3.8) is 0 Å². The lowest BCUT2D eigenvalue weighted by Crippen LogP contribution is -2.34. The molecule has 0 radical (unpaired) electrons. The molecule has 20 heavy (non-hydrogen) atoms. The smallest absolute Gasteiger partial charge is 0.176 e. The molecule has 2 rings (SSSR count). The first-order valence-electron chi connectivity index (χ1n) is 6.88. The number of benzene rings is 1. The molecule has 6 heteroatoms. The van der Waals surface area contributed by atoms with Gasteiger partial charge in [-0.1, -0.05) is 25.1 Å². The van der Waals surface area contributed by atoms with Crippen LogP contribution < -0.4 is 5.32 Å². The summed E-state index contributed by atoms with van der Waals surface area (Å²) in [5, 5.41) is 15.4. The predicted molar refractivity (Wildman–Crippen MR) is 74.7 cm³/mol. The van der Waals surface area contributed by atoms with Crippen molar-refractivity contribution >= 4 is 0 Å². The van der Waals surface area contributed by atoms with E-state index < -0.39 is 0 Å². The lowest BCUT2D eigenvalue weighted by atomic mass is 10.0. The Morgan fingerprint density at radius 1 is 1.30 bits per heavy atom. The zero-order valence-electron chi connectivity index (χ0n) is 11.9. The van der Waals surface area contributed by atoms with Gasteiger partial charge in [0.25, 0.3) is 0 Å². The second-order valence-corrected chi connectivity index (χ2v) is 4.85. The van der Waals surface area contributed by atoms with E-state index in [0.29, 0.717) is 24.2 Å². The summed E-state index contributed by atoms with van der Waals surface area (Å²) in [5.41, 5.74) is 0.713. The number of rotatable bonds is 7. The van der Waals surface area contributed by atoms with Gasteiger partial charge in [-0.2, -0.15) is 4.80 Å². The molecule has 0 spiro atoms. The number of nitrogens with zero attached hydrogens (tertiary/aromatic N) is 4. The monoisotopic (exact) mass is 277 g/mol. The van der Waals surface area contributed by atoms with Crippen molar-refractivity contribution in [1.29, 1.82) is 0 Å². The Hall–Kier alpha value is -1.82. The van der Waals surface area contributed by atoms with E-state index in [2.05, 4.69) is 27.7 Å². The summed E-state index contributed by atoms with van der Waals surface area (Å²) < 4.78 is 13.7. The van der Waals surface area contributed by atoms with Crippen LogP contribution in [-0.4, -0.2) is 32.8 Å². The normalized spacial score (nSPS) is 12.6. The van der Waals surface area contributed by atoms with Gasteiger partial charge in [-0.25, -0.2) is 4.39 Å². The van der Waals surface area contributed by atoms with Crippen molar-refractivity contribution < 1.29 is 4.39 Å². The summed E-state index contributed by atoms with van der Waals surface area (Å²) in [6.07, 6.45) is 2.29. The van der Waals surface area contributed by atoms with E-state index in [0.717, 1.165) is 13.0 Å². The van der Waals surface area contributed by atoms with E-state index in [1.54, 1.807) is 13.1 Å².